The lowest BCUT2D eigenvalue weighted by atomic mass is 10.2. The molecule has 1 heterocycles. The number of rotatable bonds is 7. The molecule has 4 heteroatoms. The number of nitrogens with one attached hydrogen (secondary N) is 1. The summed E-state index contributed by atoms with van der Waals surface area (Å²) in [4.78, 5) is 2.35. The first-order valence-corrected chi connectivity index (χ1v) is 7.44. The molecule has 0 saturated heterocycles. The maximum absolute atomic E-state index is 3.51. The summed E-state index contributed by atoms with van der Waals surface area (Å²) in [6.45, 7) is 7.64. The van der Waals surface area contributed by atoms with E-state index in [-0.39, 0.29) is 0 Å². The maximum atomic E-state index is 3.51. The third-order valence-electron chi connectivity index (χ3n) is 2.67. The summed E-state index contributed by atoms with van der Waals surface area (Å²) in [6, 6.07) is 2.83. The zero-order valence-electron chi connectivity index (χ0n) is 10.3. The maximum Gasteiger partial charge on any atom is 0.0701 e. The Balaban J connectivity index is 2.18. The van der Waals surface area contributed by atoms with Gasteiger partial charge in [0.15, 0.2) is 0 Å². The highest BCUT2D eigenvalue weighted by molar-refractivity contribution is 9.11. The molecule has 1 aromatic heterocycles. The molecule has 0 spiro atoms. The SMILES string of the molecule is CCC(C)NCCN(C)Cc1csc(Br)c1. The van der Waals surface area contributed by atoms with Crippen molar-refractivity contribution in [2.45, 2.75) is 32.9 Å². The van der Waals surface area contributed by atoms with Crippen LogP contribution in [0, 0.1) is 0 Å². The average Bonchev–Trinajstić information content (AvgIpc) is 2.63. The minimum Gasteiger partial charge on any atom is -0.313 e. The smallest absolute Gasteiger partial charge is 0.0701 e. The van der Waals surface area contributed by atoms with Crippen LogP contribution in [0.3, 0.4) is 0 Å². The van der Waals surface area contributed by atoms with Gasteiger partial charge in [-0.15, -0.1) is 11.3 Å². The number of hydrogen-bond donors (Lipinski definition) is 1. The first kappa shape index (κ1) is 14.2. The molecule has 1 aromatic rings. The van der Waals surface area contributed by atoms with Gasteiger partial charge in [0, 0.05) is 25.7 Å². The third kappa shape index (κ3) is 5.43. The fraction of sp³-hybridized carbons (Fsp3) is 0.667. The lowest BCUT2D eigenvalue weighted by Gasteiger charge is -2.18. The molecule has 1 unspecified atom stereocenters. The molecule has 92 valence electrons. The van der Waals surface area contributed by atoms with E-state index in [0.717, 1.165) is 19.6 Å². The van der Waals surface area contributed by atoms with E-state index in [1.54, 1.807) is 11.3 Å². The number of hydrogen-bond acceptors (Lipinski definition) is 3. The van der Waals surface area contributed by atoms with Gasteiger partial charge in [0.2, 0.25) is 0 Å². The second-order valence-corrected chi connectivity index (χ2v) is 6.55. The summed E-state index contributed by atoms with van der Waals surface area (Å²) in [5.74, 6) is 0. The van der Waals surface area contributed by atoms with Crippen LogP contribution in [-0.4, -0.2) is 31.1 Å². The predicted octanol–water partition coefficient (Wildman–Crippen LogP) is 3.33. The van der Waals surface area contributed by atoms with Crippen LogP contribution in [0.15, 0.2) is 15.2 Å². The highest BCUT2D eigenvalue weighted by atomic mass is 79.9. The van der Waals surface area contributed by atoms with Gasteiger partial charge in [-0.1, -0.05) is 6.92 Å². The Labute approximate surface area is 111 Å². The molecule has 0 bridgehead atoms. The minimum atomic E-state index is 0.628. The van der Waals surface area contributed by atoms with Crippen molar-refractivity contribution >= 4 is 27.3 Å². The molecule has 1 N–H and O–H groups in total. The van der Waals surface area contributed by atoms with E-state index in [0.29, 0.717) is 6.04 Å². The van der Waals surface area contributed by atoms with Crippen LogP contribution in [0.25, 0.3) is 0 Å². The minimum absolute atomic E-state index is 0.628. The van der Waals surface area contributed by atoms with E-state index >= 15 is 0 Å². The molecular weight excluding hydrogens is 284 g/mol. The van der Waals surface area contributed by atoms with Crippen LogP contribution in [-0.2, 0) is 6.54 Å². The van der Waals surface area contributed by atoms with Crippen molar-refractivity contribution in [3.63, 3.8) is 0 Å². The van der Waals surface area contributed by atoms with Gasteiger partial charge in [0.1, 0.15) is 0 Å². The van der Waals surface area contributed by atoms with Crippen LogP contribution in [0.4, 0.5) is 0 Å². The molecule has 0 aromatic carbocycles. The van der Waals surface area contributed by atoms with Gasteiger partial charge in [-0.2, -0.15) is 0 Å². The lowest BCUT2D eigenvalue weighted by Crippen LogP contribution is -2.33. The largest absolute Gasteiger partial charge is 0.313 e. The van der Waals surface area contributed by atoms with E-state index in [9.17, 15) is 0 Å². The standard InChI is InChI=1S/C12H21BrN2S/c1-4-10(2)14-5-6-15(3)8-11-7-12(13)16-9-11/h7,9-10,14H,4-6,8H2,1-3H3. The fourth-order valence-electron chi connectivity index (χ4n) is 1.47. The molecule has 1 atom stereocenters. The van der Waals surface area contributed by atoms with E-state index < -0.39 is 0 Å². The van der Waals surface area contributed by atoms with Gasteiger partial charge in [0.05, 0.1) is 3.79 Å². The molecule has 0 radical (unpaired) electrons. The van der Waals surface area contributed by atoms with Crippen molar-refractivity contribution in [1.29, 1.82) is 0 Å². The zero-order chi connectivity index (χ0) is 12.0. The molecule has 1 rings (SSSR count). The van der Waals surface area contributed by atoms with Crippen LogP contribution in [0.5, 0.6) is 0 Å². The van der Waals surface area contributed by atoms with Crippen molar-refractivity contribution in [1.82, 2.24) is 10.2 Å². The normalized spacial score (nSPS) is 13.3. The Bertz CT molecular complexity index is 301. The van der Waals surface area contributed by atoms with Gasteiger partial charge in [-0.3, -0.25) is 0 Å². The van der Waals surface area contributed by atoms with Gasteiger partial charge in [-0.25, -0.2) is 0 Å². The van der Waals surface area contributed by atoms with E-state index in [2.05, 4.69) is 58.5 Å². The summed E-state index contributed by atoms with van der Waals surface area (Å²) in [6.07, 6.45) is 1.20. The summed E-state index contributed by atoms with van der Waals surface area (Å²) >= 11 is 5.24. The first-order chi connectivity index (χ1) is 7.61. The molecule has 0 aliphatic carbocycles. The molecule has 0 saturated carbocycles. The monoisotopic (exact) mass is 304 g/mol. The zero-order valence-corrected chi connectivity index (χ0v) is 12.7. The topological polar surface area (TPSA) is 15.3 Å². The number of likely N-dealkylation sites (N-methyl/N-ethyl adjacent to an activating group) is 1. The molecule has 0 aliphatic heterocycles. The van der Waals surface area contributed by atoms with Crippen molar-refractivity contribution in [2.24, 2.45) is 0 Å². The van der Waals surface area contributed by atoms with Crippen molar-refractivity contribution in [2.75, 3.05) is 20.1 Å². The highest BCUT2D eigenvalue weighted by Crippen LogP contribution is 2.21. The molecule has 0 amide bonds. The number of nitrogens with zero attached hydrogens (tertiary/aromatic N) is 1. The summed E-state index contributed by atoms with van der Waals surface area (Å²) in [7, 11) is 2.17. The van der Waals surface area contributed by atoms with Gasteiger partial charge < -0.3 is 10.2 Å². The fourth-order valence-corrected chi connectivity index (χ4v) is 2.67. The van der Waals surface area contributed by atoms with Crippen molar-refractivity contribution in [3.05, 3.63) is 20.8 Å². The molecule has 0 aliphatic rings. The number of halogens is 1. The Morgan fingerprint density at radius 1 is 1.56 bits per heavy atom. The first-order valence-electron chi connectivity index (χ1n) is 5.76. The molecular formula is C12H21BrN2S. The van der Waals surface area contributed by atoms with Crippen LogP contribution >= 0.6 is 27.3 Å². The second-order valence-electron chi connectivity index (χ2n) is 4.26. The Kier molecular flexibility index (Phi) is 6.58. The van der Waals surface area contributed by atoms with Gasteiger partial charge in [0.25, 0.3) is 0 Å². The summed E-state index contributed by atoms with van der Waals surface area (Å²) in [5.41, 5.74) is 1.39. The van der Waals surface area contributed by atoms with Crippen LogP contribution in [0.2, 0.25) is 0 Å². The number of thiophene rings is 1. The molecule has 0 fully saturated rings. The van der Waals surface area contributed by atoms with Crippen LogP contribution in [0.1, 0.15) is 25.8 Å². The Morgan fingerprint density at radius 2 is 2.31 bits per heavy atom. The van der Waals surface area contributed by atoms with Gasteiger partial charge in [-0.05, 0) is 53.3 Å². The third-order valence-corrected chi connectivity index (χ3v) is 4.23. The summed E-state index contributed by atoms with van der Waals surface area (Å²) in [5, 5.41) is 5.72. The van der Waals surface area contributed by atoms with Crippen LogP contribution < -0.4 is 5.32 Å². The Morgan fingerprint density at radius 3 is 2.88 bits per heavy atom. The molecule has 2 nitrogen and oxygen atoms in total. The van der Waals surface area contributed by atoms with E-state index in [4.69, 9.17) is 0 Å². The van der Waals surface area contributed by atoms with E-state index in [1.807, 2.05) is 0 Å². The van der Waals surface area contributed by atoms with Crippen molar-refractivity contribution in [3.8, 4) is 0 Å². The second kappa shape index (κ2) is 7.43. The highest BCUT2D eigenvalue weighted by Gasteiger charge is 2.03. The molecule has 16 heavy (non-hydrogen) atoms. The predicted molar refractivity (Wildman–Crippen MR) is 76.1 cm³/mol. The quantitative estimate of drug-likeness (QED) is 0.831. The van der Waals surface area contributed by atoms with Crippen molar-refractivity contribution < 1.29 is 0 Å². The summed E-state index contributed by atoms with van der Waals surface area (Å²) < 4.78 is 1.22. The average molecular weight is 305 g/mol. The Hall–Kier alpha value is 0.100. The van der Waals surface area contributed by atoms with Gasteiger partial charge >= 0.3 is 0 Å². The lowest BCUT2D eigenvalue weighted by molar-refractivity contribution is 0.318. The van der Waals surface area contributed by atoms with E-state index in [1.165, 1.54) is 15.8 Å².